The lowest BCUT2D eigenvalue weighted by Gasteiger charge is -2.45. The largest absolute Gasteiger partial charge is 0.311 e. The molecule has 9 aromatic carbocycles. The molecule has 0 amide bonds. The molecule has 9 aromatic rings. The van der Waals surface area contributed by atoms with Crippen molar-refractivity contribution in [3.05, 3.63) is 221 Å². The third-order valence-corrected chi connectivity index (χ3v) is 13.4. The first-order valence-corrected chi connectivity index (χ1v) is 22.8. The van der Waals surface area contributed by atoms with Gasteiger partial charge in [-0.1, -0.05) is 188 Å². The van der Waals surface area contributed by atoms with Crippen molar-refractivity contribution in [2.75, 3.05) is 9.80 Å². The molecule has 0 atom stereocenters. The highest BCUT2D eigenvalue weighted by Gasteiger charge is 2.44. The number of hydrogen-bond acceptors (Lipinski definition) is 2. The number of nitrogens with zero attached hydrogens (tertiary/aromatic N) is 2. The van der Waals surface area contributed by atoms with Crippen molar-refractivity contribution >= 4 is 84.8 Å². The van der Waals surface area contributed by atoms with E-state index in [1.165, 1.54) is 55.5 Å². The molecule has 2 aliphatic rings. The lowest BCUT2D eigenvalue weighted by molar-refractivity contribution is 0.590. The van der Waals surface area contributed by atoms with Gasteiger partial charge in [0.25, 0.3) is 6.71 Å². The molecule has 0 saturated carbocycles. The second-order valence-electron chi connectivity index (χ2n) is 17.7. The van der Waals surface area contributed by atoms with Crippen molar-refractivity contribution in [3.63, 3.8) is 0 Å². The van der Waals surface area contributed by atoms with E-state index in [0.717, 1.165) is 49.6 Å². The molecular weight excluding hydrogens is 851 g/mol. The molecule has 0 N–H and O–H groups in total. The zero-order valence-corrected chi connectivity index (χ0v) is 37.7. The number of anilines is 6. The predicted molar refractivity (Wildman–Crippen MR) is 274 cm³/mol. The van der Waals surface area contributed by atoms with Crippen LogP contribution in [0, 0.1) is 0 Å². The van der Waals surface area contributed by atoms with Crippen LogP contribution in [0.5, 0.6) is 0 Å². The van der Waals surface area contributed by atoms with Crippen molar-refractivity contribution in [1.29, 1.82) is 0 Å². The molecule has 2 aliphatic heterocycles. The maximum Gasteiger partial charge on any atom is 0.252 e. The van der Waals surface area contributed by atoms with Gasteiger partial charge in [0, 0.05) is 43.5 Å². The van der Waals surface area contributed by atoms with Crippen molar-refractivity contribution < 1.29 is 0 Å². The van der Waals surface area contributed by atoms with Crippen LogP contribution in [0.25, 0.3) is 44.5 Å². The Bertz CT molecular complexity index is 3130. The first kappa shape index (κ1) is 39.3. The fraction of sp³-hybridized carbons (Fsp3) is 0.0690. The summed E-state index contributed by atoms with van der Waals surface area (Å²) in [5.74, 6) is 0. The van der Waals surface area contributed by atoms with E-state index < -0.39 is 0 Å². The average molecular weight is 894 g/mol. The molecule has 0 aliphatic carbocycles. The molecule has 0 saturated heterocycles. The van der Waals surface area contributed by atoms with E-state index in [2.05, 4.69) is 253 Å². The van der Waals surface area contributed by atoms with Crippen LogP contribution in [0.1, 0.15) is 26.3 Å². The Morgan fingerprint density at radius 2 is 0.921 bits per heavy atom. The van der Waals surface area contributed by atoms with Crippen LogP contribution in [0.4, 0.5) is 34.1 Å². The Labute approximate surface area is 384 Å². The molecule has 0 aromatic heterocycles. The molecule has 0 unspecified atom stereocenters. The topological polar surface area (TPSA) is 6.48 Å². The standard InChI is InChI=1S/C58H43BBrClN2/c1-58(2,3)45-34-55-57-56(35-45)63(52-29-24-42(38-16-8-4-9-17-38)33-49(52)41-22-14-7-15-23-41)53-36-46(60)25-27-50(53)59(57)51-28-26-47(61)37-54(51)62(55)48-31-43(39-18-10-5-11-19-39)30-44(32-48)40-20-12-6-13-21-40/h4-37H,1-3H3. The predicted octanol–water partition coefficient (Wildman–Crippen LogP) is 15.2. The summed E-state index contributed by atoms with van der Waals surface area (Å²) >= 11 is 11.0. The highest BCUT2D eigenvalue weighted by atomic mass is 79.9. The summed E-state index contributed by atoms with van der Waals surface area (Å²) in [6.45, 7) is 6.91. The minimum atomic E-state index is -0.176. The van der Waals surface area contributed by atoms with Gasteiger partial charge in [0.15, 0.2) is 0 Å². The molecule has 0 bridgehead atoms. The number of benzene rings is 9. The van der Waals surface area contributed by atoms with Crippen LogP contribution in [-0.4, -0.2) is 6.71 Å². The van der Waals surface area contributed by atoms with Gasteiger partial charge in [-0.3, -0.25) is 0 Å². The van der Waals surface area contributed by atoms with Gasteiger partial charge in [-0.25, -0.2) is 0 Å². The SMILES string of the molecule is CC(C)(C)c1cc2c3c(c1)N(c1ccc(-c4ccccc4)cc1-c1ccccc1)c1cc(Br)ccc1B3c1ccc(Cl)cc1N2c1cc(-c2ccccc2)cc(-c2ccccc2)c1. The third kappa shape index (κ3) is 6.99. The lowest BCUT2D eigenvalue weighted by atomic mass is 9.33. The van der Waals surface area contributed by atoms with Gasteiger partial charge in [-0.2, -0.15) is 0 Å². The Kier molecular flexibility index (Phi) is 9.75. The van der Waals surface area contributed by atoms with E-state index in [0.29, 0.717) is 5.02 Å². The molecule has 0 spiro atoms. The molecule has 0 fully saturated rings. The van der Waals surface area contributed by atoms with Crippen LogP contribution >= 0.6 is 27.5 Å². The molecular formula is C58H43BBrClN2. The van der Waals surface area contributed by atoms with Gasteiger partial charge < -0.3 is 9.80 Å². The first-order chi connectivity index (χ1) is 30.7. The van der Waals surface area contributed by atoms with E-state index in [-0.39, 0.29) is 12.1 Å². The molecule has 0 radical (unpaired) electrons. The number of hydrogen-bond donors (Lipinski definition) is 0. The summed E-state index contributed by atoms with van der Waals surface area (Å²) in [7, 11) is 0. The molecule has 63 heavy (non-hydrogen) atoms. The van der Waals surface area contributed by atoms with Crippen molar-refractivity contribution in [1.82, 2.24) is 0 Å². The van der Waals surface area contributed by atoms with Gasteiger partial charge in [0.05, 0.1) is 5.69 Å². The minimum absolute atomic E-state index is 0.0541. The van der Waals surface area contributed by atoms with Gasteiger partial charge in [-0.15, -0.1) is 0 Å². The summed E-state index contributed by atoms with van der Waals surface area (Å²) in [5, 5.41) is 0.705. The zero-order chi connectivity index (χ0) is 42.8. The Morgan fingerprint density at radius 1 is 0.413 bits per heavy atom. The summed E-state index contributed by atoms with van der Waals surface area (Å²) in [6.07, 6.45) is 0. The molecule has 2 nitrogen and oxygen atoms in total. The van der Waals surface area contributed by atoms with Gasteiger partial charge in [0.1, 0.15) is 0 Å². The van der Waals surface area contributed by atoms with Crippen LogP contribution in [0.2, 0.25) is 5.02 Å². The third-order valence-electron chi connectivity index (χ3n) is 12.7. The van der Waals surface area contributed by atoms with Crippen LogP contribution < -0.4 is 26.2 Å². The first-order valence-electron chi connectivity index (χ1n) is 21.6. The summed E-state index contributed by atoms with van der Waals surface area (Å²) in [6, 6.07) is 75.2. The van der Waals surface area contributed by atoms with Gasteiger partial charge in [0.2, 0.25) is 0 Å². The highest BCUT2D eigenvalue weighted by molar-refractivity contribution is 9.10. The maximum absolute atomic E-state index is 7.07. The number of fused-ring (bicyclic) bond motifs is 4. The second-order valence-corrected chi connectivity index (χ2v) is 19.0. The van der Waals surface area contributed by atoms with Crippen molar-refractivity contribution in [2.45, 2.75) is 26.2 Å². The van der Waals surface area contributed by atoms with Crippen molar-refractivity contribution in [3.8, 4) is 44.5 Å². The minimum Gasteiger partial charge on any atom is -0.311 e. The number of halogens is 2. The average Bonchev–Trinajstić information content (AvgIpc) is 3.32. The van der Waals surface area contributed by atoms with Crippen LogP contribution in [-0.2, 0) is 5.41 Å². The Hall–Kier alpha value is -6.59. The van der Waals surface area contributed by atoms with E-state index in [1.807, 2.05) is 0 Å². The fourth-order valence-corrected chi connectivity index (χ4v) is 10.1. The van der Waals surface area contributed by atoms with Gasteiger partial charge >= 0.3 is 0 Å². The summed E-state index contributed by atoms with van der Waals surface area (Å²) in [5.41, 5.74) is 20.9. The Balaban J connectivity index is 1.24. The normalized spacial score (nSPS) is 12.7. The summed E-state index contributed by atoms with van der Waals surface area (Å²) in [4.78, 5) is 5.03. The van der Waals surface area contributed by atoms with E-state index >= 15 is 0 Å². The van der Waals surface area contributed by atoms with Crippen LogP contribution in [0.15, 0.2) is 211 Å². The molecule has 11 rings (SSSR count). The molecule has 302 valence electrons. The van der Waals surface area contributed by atoms with Crippen LogP contribution in [0.3, 0.4) is 0 Å². The highest BCUT2D eigenvalue weighted by Crippen LogP contribution is 2.50. The van der Waals surface area contributed by atoms with E-state index in [1.54, 1.807) is 0 Å². The summed E-state index contributed by atoms with van der Waals surface area (Å²) < 4.78 is 1.03. The van der Waals surface area contributed by atoms with E-state index in [4.69, 9.17) is 11.6 Å². The van der Waals surface area contributed by atoms with E-state index in [9.17, 15) is 0 Å². The fourth-order valence-electron chi connectivity index (χ4n) is 9.63. The second kappa shape index (κ2) is 15.6. The molecule has 2 heterocycles. The lowest BCUT2D eigenvalue weighted by Crippen LogP contribution is -2.61. The maximum atomic E-state index is 7.07. The van der Waals surface area contributed by atoms with Crippen molar-refractivity contribution in [2.24, 2.45) is 0 Å². The monoisotopic (exact) mass is 892 g/mol. The smallest absolute Gasteiger partial charge is 0.252 e. The quantitative estimate of drug-likeness (QED) is 0.154. The number of rotatable bonds is 6. The zero-order valence-electron chi connectivity index (χ0n) is 35.4. The Morgan fingerprint density at radius 3 is 1.49 bits per heavy atom. The molecule has 5 heteroatoms. The van der Waals surface area contributed by atoms with Gasteiger partial charge in [-0.05, 0) is 133 Å².